The highest BCUT2D eigenvalue weighted by Gasteiger charge is 2.43. The summed E-state index contributed by atoms with van der Waals surface area (Å²) in [4.78, 5) is 27.8. The number of benzene rings is 2. The first-order chi connectivity index (χ1) is 17.7. The van der Waals surface area contributed by atoms with Crippen molar-refractivity contribution in [2.45, 2.75) is 83.8 Å². The molecule has 2 aromatic rings. The average Bonchev–Trinajstić information content (AvgIpc) is 3.55. The number of aromatic hydroxyl groups is 2. The first-order valence-electron chi connectivity index (χ1n) is 13.4. The number of allylic oxidation sites excluding steroid dienone is 1. The maximum atomic E-state index is 13.2. The lowest BCUT2D eigenvalue weighted by Crippen LogP contribution is -2.33. The zero-order chi connectivity index (χ0) is 26.6. The van der Waals surface area contributed by atoms with Gasteiger partial charge in [0.25, 0.3) is 5.91 Å². The number of aryl methyl sites for hydroxylation is 1. The predicted molar refractivity (Wildman–Crippen MR) is 144 cm³/mol. The minimum absolute atomic E-state index is 0.00113. The van der Waals surface area contributed by atoms with Crippen LogP contribution in [-0.2, 0) is 22.5 Å². The van der Waals surface area contributed by atoms with Crippen LogP contribution in [-0.4, -0.2) is 40.1 Å². The monoisotopic (exact) mass is 505 g/mol. The lowest BCUT2D eigenvalue weighted by molar-refractivity contribution is -0.161. The number of phenols is 2. The summed E-state index contributed by atoms with van der Waals surface area (Å²) in [6.07, 6.45) is 9.89. The molecule has 0 unspecified atom stereocenters. The molecule has 2 aliphatic carbocycles. The highest BCUT2D eigenvalue weighted by atomic mass is 16.5. The van der Waals surface area contributed by atoms with Gasteiger partial charge in [0, 0.05) is 25.2 Å². The van der Waals surface area contributed by atoms with E-state index in [1.54, 1.807) is 18.9 Å². The van der Waals surface area contributed by atoms with Gasteiger partial charge in [-0.15, -0.1) is 0 Å². The van der Waals surface area contributed by atoms with Crippen LogP contribution in [0, 0.1) is 5.41 Å². The number of carbonyl (C=O) groups is 2. The van der Waals surface area contributed by atoms with Crippen LogP contribution >= 0.6 is 0 Å². The second-order valence-electron chi connectivity index (χ2n) is 10.9. The van der Waals surface area contributed by atoms with Crippen LogP contribution < -0.4 is 0 Å². The molecule has 0 aliphatic heterocycles. The second-order valence-corrected chi connectivity index (χ2v) is 10.9. The van der Waals surface area contributed by atoms with Crippen molar-refractivity contribution in [3.8, 4) is 11.5 Å². The average molecular weight is 506 g/mol. The van der Waals surface area contributed by atoms with E-state index in [0.717, 1.165) is 75.3 Å². The number of nitrogens with zero attached hydrogens (tertiary/aromatic N) is 1. The van der Waals surface area contributed by atoms with E-state index in [1.165, 1.54) is 12.1 Å². The van der Waals surface area contributed by atoms with E-state index in [0.29, 0.717) is 17.7 Å². The van der Waals surface area contributed by atoms with Gasteiger partial charge in [-0.2, -0.15) is 0 Å². The summed E-state index contributed by atoms with van der Waals surface area (Å²) in [6.45, 7) is 5.93. The summed E-state index contributed by atoms with van der Waals surface area (Å²) in [7, 11) is 1.69. The number of hydrogen-bond acceptors (Lipinski definition) is 5. The van der Waals surface area contributed by atoms with Crippen LogP contribution in [0.2, 0.25) is 0 Å². The molecule has 0 heterocycles. The van der Waals surface area contributed by atoms with Crippen molar-refractivity contribution in [2.24, 2.45) is 5.41 Å². The van der Waals surface area contributed by atoms with E-state index in [9.17, 15) is 19.8 Å². The number of ether oxygens (including phenoxy) is 1. The molecule has 0 radical (unpaired) electrons. The van der Waals surface area contributed by atoms with Gasteiger partial charge in [0.05, 0.1) is 11.0 Å². The summed E-state index contributed by atoms with van der Waals surface area (Å²) in [5.74, 6) is -0.713. The summed E-state index contributed by atoms with van der Waals surface area (Å²) in [5.41, 5.74) is 2.90. The van der Waals surface area contributed by atoms with Gasteiger partial charge in [0.15, 0.2) is 0 Å². The third-order valence-electron chi connectivity index (χ3n) is 8.02. The highest BCUT2D eigenvalue weighted by molar-refractivity contribution is 5.98. The molecule has 2 aromatic carbocycles. The fraction of sp³-hybridized carbons (Fsp3) is 0.484. The van der Waals surface area contributed by atoms with Gasteiger partial charge in [0.1, 0.15) is 17.6 Å². The van der Waals surface area contributed by atoms with Crippen LogP contribution in [0.4, 0.5) is 0 Å². The van der Waals surface area contributed by atoms with E-state index in [4.69, 9.17) is 4.74 Å². The van der Waals surface area contributed by atoms with Crippen LogP contribution in [0.5, 0.6) is 11.5 Å². The number of carbonyl (C=O) groups excluding carboxylic acids is 2. The maximum absolute atomic E-state index is 13.2. The van der Waals surface area contributed by atoms with Gasteiger partial charge in [-0.3, -0.25) is 9.59 Å². The lowest BCUT2D eigenvalue weighted by atomic mass is 9.80. The molecule has 198 valence electrons. The van der Waals surface area contributed by atoms with E-state index in [-0.39, 0.29) is 40.5 Å². The van der Waals surface area contributed by atoms with Gasteiger partial charge >= 0.3 is 5.97 Å². The number of amides is 1. The molecule has 0 atom stereocenters. The van der Waals surface area contributed by atoms with Gasteiger partial charge < -0.3 is 19.8 Å². The van der Waals surface area contributed by atoms with E-state index in [2.05, 4.69) is 18.7 Å². The fourth-order valence-electron chi connectivity index (χ4n) is 5.80. The lowest BCUT2D eigenvalue weighted by Gasteiger charge is -2.28. The Morgan fingerprint density at radius 2 is 1.65 bits per heavy atom. The Morgan fingerprint density at radius 1 is 1.00 bits per heavy atom. The Hall–Kier alpha value is -3.28. The summed E-state index contributed by atoms with van der Waals surface area (Å²) >= 11 is 0. The van der Waals surface area contributed by atoms with Crippen molar-refractivity contribution in [1.82, 2.24) is 4.90 Å². The Balaban J connectivity index is 1.41. The molecule has 0 aromatic heterocycles. The summed E-state index contributed by atoms with van der Waals surface area (Å²) in [6, 6.07) is 10.8. The molecule has 2 fully saturated rings. The molecule has 0 bridgehead atoms. The van der Waals surface area contributed by atoms with Crippen molar-refractivity contribution in [1.29, 1.82) is 0 Å². The maximum Gasteiger partial charge on any atom is 0.312 e. The van der Waals surface area contributed by atoms with Crippen LogP contribution in [0.25, 0.3) is 5.57 Å². The van der Waals surface area contributed by atoms with Crippen molar-refractivity contribution in [3.05, 3.63) is 65.2 Å². The van der Waals surface area contributed by atoms with Crippen LogP contribution in [0.1, 0.15) is 91.8 Å². The molecule has 2 aliphatic rings. The molecule has 2 saturated carbocycles. The largest absolute Gasteiger partial charge is 0.507 e. The standard InChI is InChI=1S/C31H39NO5/c1-21(2)25-18-26(28(34)19-27(25)33)29(35)32(3)20-23-10-8-9-22(17-23)13-16-31(14-6-7-15-31)30(36)37-24-11-4-5-12-24/h8-10,17-19,24,33-34H,1,4-7,11-16,20H2,2-3H3. The minimum Gasteiger partial charge on any atom is -0.507 e. The normalized spacial score (nSPS) is 17.0. The fourth-order valence-corrected chi connectivity index (χ4v) is 5.80. The molecule has 0 spiro atoms. The molecule has 37 heavy (non-hydrogen) atoms. The third kappa shape index (κ3) is 6.17. The molecular formula is C31H39NO5. The third-order valence-corrected chi connectivity index (χ3v) is 8.02. The topological polar surface area (TPSA) is 87.1 Å². The predicted octanol–water partition coefficient (Wildman–Crippen LogP) is 6.38. The second kappa shape index (κ2) is 11.4. The number of phenolic OH excluding ortho intramolecular Hbond substituents is 2. The molecule has 6 nitrogen and oxygen atoms in total. The van der Waals surface area contributed by atoms with Crippen molar-refractivity contribution in [3.63, 3.8) is 0 Å². The van der Waals surface area contributed by atoms with Gasteiger partial charge in [-0.25, -0.2) is 0 Å². The van der Waals surface area contributed by atoms with Gasteiger partial charge in [-0.1, -0.05) is 43.7 Å². The quantitative estimate of drug-likeness (QED) is 0.386. The van der Waals surface area contributed by atoms with E-state index in [1.807, 2.05) is 12.1 Å². The Labute approximate surface area is 220 Å². The van der Waals surface area contributed by atoms with Gasteiger partial charge in [0.2, 0.25) is 0 Å². The van der Waals surface area contributed by atoms with Crippen molar-refractivity contribution in [2.75, 3.05) is 7.05 Å². The molecule has 0 saturated heterocycles. The first kappa shape index (κ1) is 26.8. The molecule has 2 N–H and O–H groups in total. The van der Waals surface area contributed by atoms with Crippen molar-refractivity contribution < 1.29 is 24.5 Å². The molecule has 1 amide bonds. The Kier molecular flexibility index (Phi) is 8.25. The number of rotatable bonds is 9. The first-order valence-corrected chi connectivity index (χ1v) is 13.4. The highest BCUT2D eigenvalue weighted by Crippen LogP contribution is 2.44. The zero-order valence-electron chi connectivity index (χ0n) is 22.1. The van der Waals surface area contributed by atoms with E-state index >= 15 is 0 Å². The van der Waals surface area contributed by atoms with Crippen LogP contribution in [0.3, 0.4) is 0 Å². The summed E-state index contributed by atoms with van der Waals surface area (Å²) < 4.78 is 5.95. The van der Waals surface area contributed by atoms with Crippen molar-refractivity contribution >= 4 is 17.4 Å². The van der Waals surface area contributed by atoms with Gasteiger partial charge in [-0.05, 0) is 81.1 Å². The summed E-state index contributed by atoms with van der Waals surface area (Å²) in [5, 5.41) is 20.3. The zero-order valence-corrected chi connectivity index (χ0v) is 22.1. The molecular weight excluding hydrogens is 466 g/mol. The van der Waals surface area contributed by atoms with Crippen LogP contribution in [0.15, 0.2) is 43.0 Å². The number of esters is 1. The SMILES string of the molecule is C=C(C)c1cc(C(=O)N(C)Cc2cccc(CCC3(C(=O)OC4CCCC4)CCCC3)c2)c(O)cc1O. The van der Waals surface area contributed by atoms with E-state index < -0.39 is 0 Å². The minimum atomic E-state index is -0.372. The smallest absolute Gasteiger partial charge is 0.312 e. The Bertz CT molecular complexity index is 1160. The Morgan fingerprint density at radius 3 is 2.32 bits per heavy atom. The molecule has 6 heteroatoms. The molecule has 4 rings (SSSR count). The number of hydrogen-bond donors (Lipinski definition) is 2.